The minimum Gasteiger partial charge on any atom is -0.497 e. The Labute approximate surface area is 164 Å². The highest BCUT2D eigenvalue weighted by Crippen LogP contribution is 2.28. The number of methoxy groups -OCH3 is 1. The second-order valence-electron chi connectivity index (χ2n) is 6.92. The lowest BCUT2D eigenvalue weighted by Crippen LogP contribution is -2.52. The zero-order valence-corrected chi connectivity index (χ0v) is 16.3. The Morgan fingerprint density at radius 2 is 1.61 bits per heavy atom. The quantitative estimate of drug-likeness (QED) is 0.749. The van der Waals surface area contributed by atoms with Gasteiger partial charge in [0.1, 0.15) is 11.8 Å². The Morgan fingerprint density at radius 1 is 1.04 bits per heavy atom. The van der Waals surface area contributed by atoms with Crippen molar-refractivity contribution in [3.63, 3.8) is 0 Å². The van der Waals surface area contributed by atoms with Crippen LogP contribution in [0.5, 0.6) is 5.75 Å². The van der Waals surface area contributed by atoms with Gasteiger partial charge in [-0.1, -0.05) is 44.5 Å². The van der Waals surface area contributed by atoms with Gasteiger partial charge < -0.3 is 10.1 Å². The Hall–Kier alpha value is -3.15. The lowest BCUT2D eigenvalue weighted by atomic mass is 9.96. The molecule has 6 heteroatoms. The third kappa shape index (κ3) is 3.63. The van der Waals surface area contributed by atoms with Crippen molar-refractivity contribution in [3.05, 3.63) is 65.2 Å². The van der Waals surface area contributed by atoms with E-state index in [1.807, 2.05) is 38.1 Å². The first kappa shape index (κ1) is 19.6. The smallest absolute Gasteiger partial charge is 0.262 e. The molecule has 0 fully saturated rings. The molecule has 1 heterocycles. The van der Waals surface area contributed by atoms with E-state index in [2.05, 4.69) is 5.32 Å². The largest absolute Gasteiger partial charge is 0.497 e. The third-order valence-corrected chi connectivity index (χ3v) is 5.18. The lowest BCUT2D eigenvalue weighted by Gasteiger charge is -2.29. The fourth-order valence-electron chi connectivity index (χ4n) is 3.35. The van der Waals surface area contributed by atoms with E-state index in [1.54, 1.807) is 31.4 Å². The minimum atomic E-state index is -0.851. The van der Waals surface area contributed by atoms with Gasteiger partial charge in [-0.2, -0.15) is 0 Å². The molecule has 2 aromatic carbocycles. The molecule has 0 aromatic heterocycles. The number of rotatable bonds is 7. The van der Waals surface area contributed by atoms with Crippen molar-refractivity contribution >= 4 is 17.7 Å². The summed E-state index contributed by atoms with van der Waals surface area (Å²) in [7, 11) is 1.59. The van der Waals surface area contributed by atoms with Gasteiger partial charge in [0.2, 0.25) is 5.91 Å². The zero-order chi connectivity index (χ0) is 20.3. The fraction of sp³-hybridized carbons (Fsp3) is 0.318. The Morgan fingerprint density at radius 3 is 2.11 bits per heavy atom. The van der Waals surface area contributed by atoms with Crippen LogP contribution in [0.1, 0.15) is 46.5 Å². The van der Waals surface area contributed by atoms with Crippen LogP contribution in [0.3, 0.4) is 0 Å². The minimum absolute atomic E-state index is 0.168. The third-order valence-electron chi connectivity index (χ3n) is 5.18. The van der Waals surface area contributed by atoms with E-state index >= 15 is 0 Å². The Kier molecular flexibility index (Phi) is 5.78. The standard InChI is InChI=1S/C22H24N2O4/c1-4-14(2)19(20(25)23-13-15-9-11-16(28-3)12-10-15)24-21(26)17-7-5-6-8-18(17)22(24)27/h5-12,14,19H,4,13H2,1-3H3,(H,23,25). The maximum atomic E-state index is 13.0. The van der Waals surface area contributed by atoms with Crippen LogP contribution in [-0.4, -0.2) is 35.8 Å². The molecule has 3 rings (SSSR count). The first-order chi connectivity index (χ1) is 13.5. The van der Waals surface area contributed by atoms with Gasteiger partial charge >= 0.3 is 0 Å². The maximum Gasteiger partial charge on any atom is 0.262 e. The summed E-state index contributed by atoms with van der Waals surface area (Å²) in [5.74, 6) is -0.590. The van der Waals surface area contributed by atoms with E-state index in [1.165, 1.54) is 0 Å². The van der Waals surface area contributed by atoms with Crippen LogP contribution in [0, 0.1) is 5.92 Å². The average Bonchev–Trinajstić information content (AvgIpc) is 2.98. The highest BCUT2D eigenvalue weighted by Gasteiger charge is 2.44. The van der Waals surface area contributed by atoms with Gasteiger partial charge in [-0.25, -0.2) is 0 Å². The van der Waals surface area contributed by atoms with Gasteiger partial charge in [0.05, 0.1) is 18.2 Å². The van der Waals surface area contributed by atoms with E-state index in [9.17, 15) is 14.4 Å². The second-order valence-corrected chi connectivity index (χ2v) is 6.92. The summed E-state index contributed by atoms with van der Waals surface area (Å²) < 4.78 is 5.13. The molecule has 0 spiro atoms. The van der Waals surface area contributed by atoms with Crippen molar-refractivity contribution in [2.45, 2.75) is 32.9 Å². The van der Waals surface area contributed by atoms with Crippen LogP contribution in [0.4, 0.5) is 0 Å². The van der Waals surface area contributed by atoms with Crippen molar-refractivity contribution in [2.24, 2.45) is 5.92 Å². The van der Waals surface area contributed by atoms with Gasteiger partial charge in [-0.05, 0) is 35.7 Å². The van der Waals surface area contributed by atoms with Crippen LogP contribution in [0.2, 0.25) is 0 Å². The van der Waals surface area contributed by atoms with Crippen LogP contribution in [-0.2, 0) is 11.3 Å². The number of ether oxygens (including phenoxy) is 1. The molecule has 146 valence electrons. The summed E-state index contributed by atoms with van der Waals surface area (Å²) in [4.78, 5) is 39.8. The molecule has 6 nitrogen and oxygen atoms in total. The van der Waals surface area contributed by atoms with Crippen molar-refractivity contribution in [2.75, 3.05) is 7.11 Å². The molecule has 0 bridgehead atoms. The second kappa shape index (κ2) is 8.25. The molecule has 2 atom stereocenters. The summed E-state index contributed by atoms with van der Waals surface area (Å²) in [6.07, 6.45) is 0.661. The molecule has 0 saturated carbocycles. The SMILES string of the molecule is CCC(C)C(C(=O)NCc1ccc(OC)cc1)N1C(=O)c2ccccc2C1=O. The molecule has 1 N–H and O–H groups in total. The van der Waals surface area contributed by atoms with Crippen molar-refractivity contribution < 1.29 is 19.1 Å². The first-order valence-electron chi connectivity index (χ1n) is 9.35. The van der Waals surface area contributed by atoms with E-state index in [0.717, 1.165) is 16.2 Å². The summed E-state index contributed by atoms with van der Waals surface area (Å²) in [5, 5.41) is 2.87. The van der Waals surface area contributed by atoms with Crippen LogP contribution in [0.15, 0.2) is 48.5 Å². The lowest BCUT2D eigenvalue weighted by molar-refractivity contribution is -0.126. The molecule has 3 amide bonds. The van der Waals surface area contributed by atoms with Gasteiger partial charge in [0.25, 0.3) is 11.8 Å². The Bertz CT molecular complexity index is 857. The summed E-state index contributed by atoms with van der Waals surface area (Å²) in [6, 6.07) is 13.2. The monoisotopic (exact) mass is 380 g/mol. The molecular formula is C22H24N2O4. The van der Waals surface area contributed by atoms with Gasteiger partial charge in [0.15, 0.2) is 0 Å². The van der Waals surface area contributed by atoms with Crippen LogP contribution in [0.25, 0.3) is 0 Å². The number of fused-ring (bicyclic) bond motifs is 1. The number of amides is 3. The molecule has 2 unspecified atom stereocenters. The number of benzene rings is 2. The van der Waals surface area contributed by atoms with Gasteiger partial charge in [-0.15, -0.1) is 0 Å². The molecule has 1 aliphatic rings. The molecule has 1 aliphatic heterocycles. The number of nitrogens with one attached hydrogen (secondary N) is 1. The number of carbonyl (C=O) groups is 3. The number of imide groups is 1. The van der Waals surface area contributed by atoms with E-state index < -0.39 is 17.9 Å². The Balaban J connectivity index is 1.79. The van der Waals surface area contributed by atoms with Crippen molar-refractivity contribution in [1.29, 1.82) is 0 Å². The predicted octanol–water partition coefficient (Wildman–Crippen LogP) is 3.02. The van der Waals surface area contributed by atoms with Crippen LogP contribution >= 0.6 is 0 Å². The topological polar surface area (TPSA) is 75.7 Å². The molecule has 2 aromatic rings. The van der Waals surface area contributed by atoms with Gasteiger partial charge in [0, 0.05) is 6.54 Å². The average molecular weight is 380 g/mol. The van der Waals surface area contributed by atoms with E-state index in [4.69, 9.17) is 4.74 Å². The number of nitrogens with zero attached hydrogens (tertiary/aromatic N) is 1. The first-order valence-corrected chi connectivity index (χ1v) is 9.35. The highest BCUT2D eigenvalue weighted by molar-refractivity contribution is 6.22. The number of hydrogen-bond donors (Lipinski definition) is 1. The molecule has 0 radical (unpaired) electrons. The zero-order valence-electron chi connectivity index (χ0n) is 16.3. The predicted molar refractivity (Wildman–Crippen MR) is 105 cm³/mol. The van der Waals surface area contributed by atoms with Crippen LogP contribution < -0.4 is 10.1 Å². The molecule has 28 heavy (non-hydrogen) atoms. The number of carbonyl (C=O) groups excluding carboxylic acids is 3. The number of hydrogen-bond acceptors (Lipinski definition) is 4. The highest BCUT2D eigenvalue weighted by atomic mass is 16.5. The maximum absolute atomic E-state index is 13.0. The van der Waals surface area contributed by atoms with Gasteiger partial charge in [-0.3, -0.25) is 19.3 Å². The summed E-state index contributed by atoms with van der Waals surface area (Å²) in [5.41, 5.74) is 1.60. The van der Waals surface area contributed by atoms with E-state index in [0.29, 0.717) is 24.1 Å². The summed E-state index contributed by atoms with van der Waals surface area (Å²) >= 11 is 0. The fourth-order valence-corrected chi connectivity index (χ4v) is 3.35. The summed E-state index contributed by atoms with van der Waals surface area (Å²) in [6.45, 7) is 4.12. The molecular weight excluding hydrogens is 356 g/mol. The van der Waals surface area contributed by atoms with E-state index in [-0.39, 0.29) is 11.8 Å². The normalized spacial score (nSPS) is 15.2. The van der Waals surface area contributed by atoms with Crippen molar-refractivity contribution in [1.82, 2.24) is 10.2 Å². The van der Waals surface area contributed by atoms with Crippen molar-refractivity contribution in [3.8, 4) is 5.75 Å². The molecule has 0 saturated heterocycles. The molecule has 0 aliphatic carbocycles.